The molecule has 18 heteroatoms. The van der Waals surface area contributed by atoms with Crippen LogP contribution in [0.2, 0.25) is 0 Å². The van der Waals surface area contributed by atoms with Crippen LogP contribution in [0.5, 0.6) is 0 Å². The molecule has 4 aromatic heterocycles. The quantitative estimate of drug-likeness (QED) is 0.263. The summed E-state index contributed by atoms with van der Waals surface area (Å²) in [4.78, 5) is 51.0. The zero-order valence-corrected chi connectivity index (χ0v) is 35.7. The molecule has 8 heterocycles. The summed E-state index contributed by atoms with van der Waals surface area (Å²) in [6.07, 6.45) is 6.34. The molecule has 4 aliphatic rings. The highest BCUT2D eigenvalue weighted by Crippen LogP contribution is 2.32. The van der Waals surface area contributed by atoms with E-state index in [-0.39, 0.29) is 48.5 Å². The van der Waals surface area contributed by atoms with Gasteiger partial charge in [-0.2, -0.15) is 10.5 Å². The fourth-order valence-corrected chi connectivity index (χ4v) is 8.48. The second-order valence-corrected chi connectivity index (χ2v) is 17.0. The fourth-order valence-electron chi connectivity index (χ4n) is 8.48. The lowest BCUT2D eigenvalue weighted by atomic mass is 9.93. The largest absolute Gasteiger partial charge is 0.364 e. The van der Waals surface area contributed by atoms with E-state index in [1.807, 2.05) is 62.0 Å². The number of halogens is 2. The highest BCUT2D eigenvalue weighted by atomic mass is 19.1. The molecule has 0 radical (unpaired) electrons. The molecule has 0 saturated carbocycles. The molecule has 4 saturated heterocycles. The predicted octanol–water partition coefficient (Wildman–Crippen LogP) is 3.29. The van der Waals surface area contributed by atoms with E-state index in [9.17, 15) is 20.1 Å². The number of carbonyl (C=O) groups excluding carboxylic acids is 2. The van der Waals surface area contributed by atoms with Gasteiger partial charge in [0.15, 0.2) is 23.6 Å². The summed E-state index contributed by atoms with van der Waals surface area (Å²) in [5, 5.41) is 25.8. The molecule has 0 bridgehead atoms. The Morgan fingerprint density at radius 1 is 0.694 bits per heavy atom. The van der Waals surface area contributed by atoms with Gasteiger partial charge < -0.3 is 39.7 Å². The number of nitriles is 2. The van der Waals surface area contributed by atoms with Crippen molar-refractivity contribution >= 4 is 45.0 Å². The third kappa shape index (κ3) is 10.3. The van der Waals surface area contributed by atoms with Crippen molar-refractivity contribution in [2.24, 2.45) is 0 Å². The van der Waals surface area contributed by atoms with Gasteiger partial charge in [-0.25, -0.2) is 18.7 Å². The molecule has 62 heavy (non-hydrogen) atoms. The highest BCUT2D eigenvalue weighted by Gasteiger charge is 2.38. The van der Waals surface area contributed by atoms with Gasteiger partial charge in [0.2, 0.25) is 0 Å². The Labute approximate surface area is 360 Å². The van der Waals surface area contributed by atoms with E-state index in [4.69, 9.17) is 9.47 Å². The van der Waals surface area contributed by atoms with Gasteiger partial charge in [-0.1, -0.05) is 0 Å². The Balaban J connectivity index is 0.000000186. The van der Waals surface area contributed by atoms with Crippen LogP contribution in [-0.4, -0.2) is 157 Å². The third-order valence-electron chi connectivity index (χ3n) is 12.2. The minimum absolute atomic E-state index is 0.000807. The fraction of sp³-hybridized carbons (Fsp3) is 0.545. The summed E-state index contributed by atoms with van der Waals surface area (Å²) < 4.78 is 41.8. The summed E-state index contributed by atoms with van der Waals surface area (Å²) in [5.41, 5.74) is 0.443. The number of nitrogens with zero attached hydrogens (tertiary/aromatic N) is 10. The third-order valence-corrected chi connectivity index (χ3v) is 12.2. The lowest BCUT2D eigenvalue weighted by Crippen LogP contribution is -2.55. The molecule has 2 N–H and O–H groups in total. The average molecular weight is 853 g/mol. The van der Waals surface area contributed by atoms with Crippen LogP contribution in [0.15, 0.2) is 49.1 Å². The van der Waals surface area contributed by atoms with Crippen LogP contribution in [0.25, 0.3) is 21.8 Å². The number of alkyl halides is 2. The molecule has 8 rings (SSSR count). The molecule has 4 atom stereocenters. The SMILES string of the molecule is CC1CN(c2cnc(C#N)c3ncccc23)CC(C(=O)NCC2(F)CCN(C)CC2)O1.CC1CN(c2cnc(C#N)c3ncccc23)CC(C(=O)NCC2(F)CCN(C)CC2)O1. The van der Waals surface area contributed by atoms with Crippen LogP contribution < -0.4 is 20.4 Å². The maximum Gasteiger partial charge on any atom is 0.251 e. The van der Waals surface area contributed by atoms with Crippen molar-refractivity contribution in [1.82, 2.24) is 40.4 Å². The summed E-state index contributed by atoms with van der Waals surface area (Å²) in [6, 6.07) is 11.5. The first-order valence-corrected chi connectivity index (χ1v) is 21.2. The Hall–Kier alpha value is -5.66. The smallest absolute Gasteiger partial charge is 0.251 e. The van der Waals surface area contributed by atoms with Crippen LogP contribution in [0.3, 0.4) is 0 Å². The Morgan fingerprint density at radius 3 is 1.45 bits per heavy atom. The molecule has 0 aliphatic carbocycles. The van der Waals surface area contributed by atoms with Gasteiger partial charge in [-0.15, -0.1) is 0 Å². The second-order valence-electron chi connectivity index (χ2n) is 17.0. The predicted molar refractivity (Wildman–Crippen MR) is 229 cm³/mol. The molecule has 2 amide bonds. The van der Waals surface area contributed by atoms with Crippen molar-refractivity contribution in [1.29, 1.82) is 10.5 Å². The molecule has 4 fully saturated rings. The first kappa shape index (κ1) is 44.4. The maximum absolute atomic E-state index is 15.0. The first-order valence-electron chi connectivity index (χ1n) is 21.2. The van der Waals surface area contributed by atoms with Gasteiger partial charge in [-0.3, -0.25) is 19.6 Å². The summed E-state index contributed by atoms with van der Waals surface area (Å²) in [5.74, 6) is -0.618. The van der Waals surface area contributed by atoms with Gasteiger partial charge in [0.05, 0.1) is 62.2 Å². The molecule has 0 spiro atoms. The summed E-state index contributed by atoms with van der Waals surface area (Å²) >= 11 is 0. The number of rotatable bonds is 8. The van der Waals surface area contributed by atoms with Crippen molar-refractivity contribution in [2.75, 3.05) is 89.3 Å². The molecule has 4 unspecified atom stereocenters. The van der Waals surface area contributed by atoms with Gasteiger partial charge in [0.25, 0.3) is 11.8 Å². The number of fused-ring (bicyclic) bond motifs is 2. The van der Waals surface area contributed by atoms with Crippen molar-refractivity contribution in [3.05, 3.63) is 60.4 Å². The summed E-state index contributed by atoms with van der Waals surface area (Å²) in [6.45, 7) is 8.31. The number of carbonyl (C=O) groups is 2. The highest BCUT2D eigenvalue weighted by molar-refractivity contribution is 5.95. The Kier molecular flexibility index (Phi) is 13.7. The van der Waals surface area contributed by atoms with E-state index in [1.54, 1.807) is 24.8 Å². The molecule has 4 aliphatic heterocycles. The zero-order chi connectivity index (χ0) is 44.0. The van der Waals surface area contributed by atoms with Crippen molar-refractivity contribution in [3.8, 4) is 12.1 Å². The van der Waals surface area contributed by atoms with Crippen molar-refractivity contribution in [3.63, 3.8) is 0 Å². The van der Waals surface area contributed by atoms with E-state index in [2.05, 4.69) is 52.5 Å². The van der Waals surface area contributed by atoms with Gasteiger partial charge in [0, 0.05) is 62.4 Å². The first-order chi connectivity index (χ1) is 29.8. The lowest BCUT2D eigenvalue weighted by Gasteiger charge is -2.38. The van der Waals surface area contributed by atoms with Crippen LogP contribution in [0, 0.1) is 22.7 Å². The molecule has 328 valence electrons. The monoisotopic (exact) mass is 852 g/mol. The number of likely N-dealkylation sites (tertiary alicyclic amines) is 2. The number of hydrogen-bond donors (Lipinski definition) is 2. The minimum atomic E-state index is -1.37. The van der Waals surface area contributed by atoms with E-state index in [1.165, 1.54) is 0 Å². The van der Waals surface area contributed by atoms with Gasteiger partial charge in [-0.05, 0) is 77.9 Å². The number of morpholine rings is 2. The molecule has 16 nitrogen and oxygen atoms in total. The van der Waals surface area contributed by atoms with Crippen LogP contribution in [0.1, 0.15) is 50.9 Å². The Morgan fingerprint density at radius 2 is 1.08 bits per heavy atom. The number of amides is 2. The average Bonchev–Trinajstić information content (AvgIpc) is 3.28. The van der Waals surface area contributed by atoms with E-state index < -0.39 is 23.5 Å². The molecular formula is C44H54F2N12O4. The molecule has 4 aromatic rings. The molecule has 0 aromatic carbocycles. The minimum Gasteiger partial charge on any atom is -0.364 e. The maximum atomic E-state index is 15.0. The zero-order valence-electron chi connectivity index (χ0n) is 35.7. The Bertz CT molecular complexity index is 2160. The van der Waals surface area contributed by atoms with Crippen LogP contribution >= 0.6 is 0 Å². The van der Waals surface area contributed by atoms with E-state index >= 15 is 8.78 Å². The van der Waals surface area contributed by atoms with Crippen molar-refractivity contribution in [2.45, 2.75) is 75.3 Å². The van der Waals surface area contributed by atoms with Crippen molar-refractivity contribution < 1.29 is 27.8 Å². The summed E-state index contributed by atoms with van der Waals surface area (Å²) in [7, 11) is 3.95. The van der Waals surface area contributed by atoms with Crippen LogP contribution in [-0.2, 0) is 19.1 Å². The number of nitrogens with one attached hydrogen (secondary N) is 2. The standard InChI is InChI=1S/2C22H27FN6O2/c2*1-15-12-29(18-11-26-17(10-24)20-16(18)4-3-7-25-20)13-19(31-15)21(30)27-14-22(23)5-8-28(2)9-6-22/h2*3-4,7,11,15,19H,5-6,8-9,12-14H2,1-2H3,(H,27,30). The number of ether oxygens (including phenoxy) is 2. The van der Waals surface area contributed by atoms with Gasteiger partial charge in [0.1, 0.15) is 34.5 Å². The second kappa shape index (κ2) is 19.2. The molecular weight excluding hydrogens is 799 g/mol. The van der Waals surface area contributed by atoms with Crippen LogP contribution in [0.4, 0.5) is 20.2 Å². The van der Waals surface area contributed by atoms with Gasteiger partial charge >= 0.3 is 0 Å². The lowest BCUT2D eigenvalue weighted by molar-refractivity contribution is -0.138. The van der Waals surface area contributed by atoms with E-state index in [0.717, 1.165) is 22.1 Å². The number of pyridine rings is 4. The number of hydrogen-bond acceptors (Lipinski definition) is 14. The van der Waals surface area contributed by atoms with E-state index in [0.29, 0.717) is 89.1 Å². The topological polar surface area (TPSA) is 189 Å². The number of piperidine rings is 2. The normalized spacial score (nSPS) is 24.0. The number of anilines is 2. The number of aromatic nitrogens is 4.